The zero-order valence-electron chi connectivity index (χ0n) is 10.4. The van der Waals surface area contributed by atoms with E-state index >= 15 is 0 Å². The average molecular weight is 271 g/mol. The molecular weight excluding hydrogens is 253 g/mol. The Labute approximate surface area is 111 Å². The van der Waals surface area contributed by atoms with Gasteiger partial charge in [-0.3, -0.25) is 4.79 Å². The molecule has 1 rings (SSSR count). The van der Waals surface area contributed by atoms with E-state index in [1.54, 1.807) is 12.1 Å². The molecule has 0 fully saturated rings. The molecule has 0 spiro atoms. The molecule has 100 valence electrons. The summed E-state index contributed by atoms with van der Waals surface area (Å²) in [5.41, 5.74) is 0. The van der Waals surface area contributed by atoms with Crippen LogP contribution in [0.15, 0.2) is 29.2 Å². The van der Waals surface area contributed by atoms with E-state index in [9.17, 15) is 9.18 Å². The van der Waals surface area contributed by atoms with Crippen LogP contribution in [-0.2, 0) is 4.79 Å². The van der Waals surface area contributed by atoms with Crippen molar-refractivity contribution in [3.05, 3.63) is 30.1 Å². The van der Waals surface area contributed by atoms with Gasteiger partial charge in [-0.05, 0) is 44.0 Å². The molecule has 1 atom stereocenters. The molecule has 0 aliphatic rings. The summed E-state index contributed by atoms with van der Waals surface area (Å²) >= 11 is 1.37. The Balaban J connectivity index is 2.26. The molecule has 0 bridgehead atoms. The number of hydrogen-bond donors (Lipinski definition) is 2. The van der Waals surface area contributed by atoms with Crippen LogP contribution in [0.3, 0.4) is 0 Å². The third kappa shape index (κ3) is 6.02. The average Bonchev–Trinajstić information content (AvgIpc) is 2.35. The van der Waals surface area contributed by atoms with E-state index < -0.39 is 0 Å². The van der Waals surface area contributed by atoms with Gasteiger partial charge in [0.1, 0.15) is 5.82 Å². The van der Waals surface area contributed by atoms with Crippen molar-refractivity contribution >= 4 is 17.7 Å². The number of aliphatic hydroxyl groups excluding tert-OH is 1. The Kier molecular flexibility index (Phi) is 6.75. The van der Waals surface area contributed by atoms with Gasteiger partial charge in [-0.1, -0.05) is 0 Å². The maximum Gasteiger partial charge on any atom is 0.230 e. The van der Waals surface area contributed by atoms with Crippen LogP contribution in [0.2, 0.25) is 0 Å². The number of nitrogens with one attached hydrogen (secondary N) is 1. The van der Waals surface area contributed by atoms with Crippen LogP contribution >= 0.6 is 11.8 Å². The van der Waals surface area contributed by atoms with Gasteiger partial charge in [0.05, 0.1) is 5.75 Å². The summed E-state index contributed by atoms with van der Waals surface area (Å²) in [5.74, 6) is -0.00839. The summed E-state index contributed by atoms with van der Waals surface area (Å²) in [6, 6.07) is 6.14. The van der Waals surface area contributed by atoms with Crippen molar-refractivity contribution in [3.8, 4) is 0 Å². The zero-order chi connectivity index (χ0) is 13.4. The first-order chi connectivity index (χ1) is 8.61. The molecule has 2 N–H and O–H groups in total. The monoisotopic (exact) mass is 271 g/mol. The van der Waals surface area contributed by atoms with Gasteiger partial charge in [0.25, 0.3) is 0 Å². The highest BCUT2D eigenvalue weighted by atomic mass is 32.2. The SMILES string of the molecule is CC(CCCO)NC(=O)CSc1ccc(F)cc1. The first-order valence-corrected chi connectivity index (χ1v) is 6.89. The summed E-state index contributed by atoms with van der Waals surface area (Å²) < 4.78 is 12.7. The maximum atomic E-state index is 12.7. The lowest BCUT2D eigenvalue weighted by Crippen LogP contribution is -2.33. The Hall–Kier alpha value is -1.07. The van der Waals surface area contributed by atoms with Crippen molar-refractivity contribution in [1.29, 1.82) is 0 Å². The van der Waals surface area contributed by atoms with E-state index in [0.717, 1.165) is 11.3 Å². The summed E-state index contributed by atoms with van der Waals surface area (Å²) in [6.07, 6.45) is 1.45. The number of benzene rings is 1. The lowest BCUT2D eigenvalue weighted by Gasteiger charge is -2.12. The van der Waals surface area contributed by atoms with Crippen molar-refractivity contribution in [2.75, 3.05) is 12.4 Å². The van der Waals surface area contributed by atoms with Crippen LogP contribution in [0.4, 0.5) is 4.39 Å². The number of aliphatic hydroxyl groups is 1. The van der Waals surface area contributed by atoms with Crippen LogP contribution in [0.5, 0.6) is 0 Å². The summed E-state index contributed by atoms with van der Waals surface area (Å²) in [4.78, 5) is 12.5. The topological polar surface area (TPSA) is 49.3 Å². The van der Waals surface area contributed by atoms with Crippen LogP contribution in [-0.4, -0.2) is 29.4 Å². The second-order valence-corrected chi connectivity index (χ2v) is 5.13. The predicted octanol–water partition coefficient (Wildman–Crippen LogP) is 2.20. The van der Waals surface area contributed by atoms with E-state index in [1.165, 1.54) is 23.9 Å². The number of rotatable bonds is 7. The van der Waals surface area contributed by atoms with Crippen LogP contribution in [0, 0.1) is 5.82 Å². The Morgan fingerprint density at radius 3 is 2.72 bits per heavy atom. The molecule has 0 aliphatic heterocycles. The number of halogens is 1. The third-order valence-electron chi connectivity index (χ3n) is 2.39. The molecule has 0 saturated heterocycles. The molecule has 0 aliphatic carbocycles. The molecule has 3 nitrogen and oxygen atoms in total. The molecular formula is C13H18FNO2S. The molecule has 0 radical (unpaired) electrons. The van der Waals surface area contributed by atoms with Gasteiger partial charge in [-0.25, -0.2) is 4.39 Å². The van der Waals surface area contributed by atoms with Gasteiger partial charge >= 0.3 is 0 Å². The molecule has 0 aromatic heterocycles. The van der Waals surface area contributed by atoms with Crippen molar-refractivity contribution < 1.29 is 14.3 Å². The minimum Gasteiger partial charge on any atom is -0.396 e. The highest BCUT2D eigenvalue weighted by Crippen LogP contribution is 2.17. The minimum absolute atomic E-state index is 0.0465. The second-order valence-electron chi connectivity index (χ2n) is 4.08. The zero-order valence-corrected chi connectivity index (χ0v) is 11.2. The number of hydrogen-bond acceptors (Lipinski definition) is 3. The standard InChI is InChI=1S/C13H18FNO2S/c1-10(3-2-8-16)15-13(17)9-18-12-6-4-11(14)5-7-12/h4-7,10,16H,2-3,8-9H2,1H3,(H,15,17). The molecule has 1 amide bonds. The van der Waals surface area contributed by atoms with Gasteiger partial charge in [-0.15, -0.1) is 11.8 Å². The Bertz CT molecular complexity index is 370. The Morgan fingerprint density at radius 1 is 1.44 bits per heavy atom. The van der Waals surface area contributed by atoms with Gasteiger partial charge in [0.15, 0.2) is 0 Å². The fraction of sp³-hybridized carbons (Fsp3) is 0.462. The summed E-state index contributed by atoms with van der Waals surface area (Å²) in [7, 11) is 0. The molecule has 5 heteroatoms. The Morgan fingerprint density at radius 2 is 2.11 bits per heavy atom. The lowest BCUT2D eigenvalue weighted by atomic mass is 10.2. The van der Waals surface area contributed by atoms with Gasteiger partial charge < -0.3 is 10.4 Å². The number of thioether (sulfide) groups is 1. The van der Waals surface area contributed by atoms with Crippen molar-refractivity contribution in [3.63, 3.8) is 0 Å². The van der Waals surface area contributed by atoms with E-state index in [4.69, 9.17) is 5.11 Å². The number of amides is 1. The van der Waals surface area contributed by atoms with E-state index in [0.29, 0.717) is 12.2 Å². The first-order valence-electron chi connectivity index (χ1n) is 5.90. The third-order valence-corrected chi connectivity index (χ3v) is 3.40. The molecule has 18 heavy (non-hydrogen) atoms. The fourth-order valence-electron chi connectivity index (χ4n) is 1.47. The van der Waals surface area contributed by atoms with Crippen molar-refractivity contribution in [1.82, 2.24) is 5.32 Å². The summed E-state index contributed by atoms with van der Waals surface area (Å²) in [6.45, 7) is 2.06. The lowest BCUT2D eigenvalue weighted by molar-refractivity contribution is -0.119. The van der Waals surface area contributed by atoms with Gasteiger partial charge in [0.2, 0.25) is 5.91 Å². The predicted molar refractivity (Wildman–Crippen MR) is 71.0 cm³/mol. The largest absolute Gasteiger partial charge is 0.396 e. The van der Waals surface area contributed by atoms with E-state index in [2.05, 4.69) is 5.32 Å². The summed E-state index contributed by atoms with van der Waals surface area (Å²) in [5, 5.41) is 11.5. The highest BCUT2D eigenvalue weighted by Gasteiger charge is 2.07. The number of carbonyl (C=O) groups is 1. The highest BCUT2D eigenvalue weighted by molar-refractivity contribution is 8.00. The van der Waals surface area contributed by atoms with Gasteiger partial charge in [-0.2, -0.15) is 0 Å². The molecule has 0 saturated carbocycles. The molecule has 1 aromatic carbocycles. The fourth-order valence-corrected chi connectivity index (χ4v) is 2.18. The number of carbonyl (C=O) groups excluding carboxylic acids is 1. The van der Waals surface area contributed by atoms with E-state index in [-0.39, 0.29) is 24.4 Å². The quantitative estimate of drug-likeness (QED) is 0.747. The molecule has 1 unspecified atom stereocenters. The smallest absolute Gasteiger partial charge is 0.230 e. The van der Waals surface area contributed by atoms with Gasteiger partial charge in [0, 0.05) is 17.5 Å². The first kappa shape index (κ1) is 15.0. The maximum absolute atomic E-state index is 12.7. The van der Waals surface area contributed by atoms with Crippen LogP contribution in [0.25, 0.3) is 0 Å². The van der Waals surface area contributed by atoms with Crippen molar-refractivity contribution in [2.45, 2.75) is 30.7 Å². The van der Waals surface area contributed by atoms with Crippen molar-refractivity contribution in [2.24, 2.45) is 0 Å². The van der Waals surface area contributed by atoms with Crippen LogP contribution < -0.4 is 5.32 Å². The minimum atomic E-state index is -0.276. The molecule has 0 heterocycles. The second kappa shape index (κ2) is 8.11. The normalized spacial score (nSPS) is 12.2. The van der Waals surface area contributed by atoms with E-state index in [1.807, 2.05) is 6.92 Å². The molecule has 1 aromatic rings. The van der Waals surface area contributed by atoms with Crippen LogP contribution in [0.1, 0.15) is 19.8 Å².